The molecule has 0 N–H and O–H groups in total. The Hall–Kier alpha value is -3.28. The van der Waals surface area contributed by atoms with Crippen LogP contribution in [0.5, 0.6) is 0 Å². The van der Waals surface area contributed by atoms with Gasteiger partial charge in [-0.15, -0.1) is 0 Å². The van der Waals surface area contributed by atoms with E-state index in [0.717, 1.165) is 16.7 Å². The predicted molar refractivity (Wildman–Crippen MR) is 95.0 cm³/mol. The molecule has 4 rings (SSSR count). The number of rotatable bonds is 5. The van der Waals surface area contributed by atoms with E-state index in [0.29, 0.717) is 24.7 Å². The molecule has 0 aliphatic carbocycles. The largest absolute Gasteiger partial charge is 0.334 e. The summed E-state index contributed by atoms with van der Waals surface area (Å²) in [6.45, 7) is 2.53. The van der Waals surface area contributed by atoms with E-state index in [9.17, 15) is 4.39 Å². The van der Waals surface area contributed by atoms with Crippen LogP contribution in [0.15, 0.2) is 65.4 Å². The van der Waals surface area contributed by atoms with E-state index in [4.69, 9.17) is 4.52 Å². The first-order valence-corrected chi connectivity index (χ1v) is 8.32. The Bertz CT molecular complexity index is 1020. The maximum atomic E-state index is 13.2. The van der Waals surface area contributed by atoms with E-state index in [-0.39, 0.29) is 5.82 Å². The Morgan fingerprint density at radius 2 is 1.92 bits per heavy atom. The molecule has 5 nitrogen and oxygen atoms in total. The minimum absolute atomic E-state index is 0.281. The summed E-state index contributed by atoms with van der Waals surface area (Å²) in [6, 6.07) is 14.6. The van der Waals surface area contributed by atoms with Gasteiger partial charge in [-0.05, 0) is 41.8 Å². The Morgan fingerprint density at radius 3 is 2.73 bits per heavy atom. The summed E-state index contributed by atoms with van der Waals surface area (Å²) < 4.78 is 20.5. The molecular formula is C20H17FN4O. The highest BCUT2D eigenvalue weighted by Crippen LogP contribution is 2.22. The summed E-state index contributed by atoms with van der Waals surface area (Å²) in [5.41, 5.74) is 3.70. The highest BCUT2D eigenvalue weighted by molar-refractivity contribution is 5.57. The van der Waals surface area contributed by atoms with Gasteiger partial charge in [0.2, 0.25) is 0 Å². The number of hydrogen-bond donors (Lipinski definition) is 0. The number of hydrogen-bond acceptors (Lipinski definition) is 4. The molecule has 0 radical (unpaired) electrons. The average Bonchev–Trinajstić information content (AvgIpc) is 3.26. The van der Waals surface area contributed by atoms with Gasteiger partial charge >= 0.3 is 0 Å². The molecule has 0 saturated carbocycles. The first-order chi connectivity index (χ1) is 12.7. The van der Waals surface area contributed by atoms with Crippen molar-refractivity contribution in [3.05, 3.63) is 89.3 Å². The molecule has 6 heteroatoms. The molecule has 2 heterocycles. The Kier molecular flexibility index (Phi) is 4.31. The van der Waals surface area contributed by atoms with Gasteiger partial charge in [-0.1, -0.05) is 35.5 Å². The predicted octanol–water partition coefficient (Wildman–Crippen LogP) is 4.02. The maximum absolute atomic E-state index is 13.2. The fourth-order valence-electron chi connectivity index (χ4n) is 2.84. The van der Waals surface area contributed by atoms with E-state index in [1.165, 1.54) is 17.7 Å². The monoisotopic (exact) mass is 348 g/mol. The molecule has 0 aliphatic heterocycles. The topological polar surface area (TPSA) is 56.7 Å². The standard InChI is InChI=1S/C20H17FN4O/c1-14-9-17(21)7-8-18(14)20-23-19(24-26-20)10-16-11-22-25(13-16)12-15-5-3-2-4-6-15/h2-9,11,13H,10,12H2,1H3. The Labute approximate surface area is 150 Å². The molecular weight excluding hydrogens is 331 g/mol. The van der Waals surface area contributed by atoms with Gasteiger partial charge in [-0.2, -0.15) is 10.1 Å². The first-order valence-electron chi connectivity index (χ1n) is 8.32. The smallest absolute Gasteiger partial charge is 0.258 e. The van der Waals surface area contributed by atoms with Crippen molar-refractivity contribution in [2.24, 2.45) is 0 Å². The molecule has 0 unspecified atom stereocenters. The van der Waals surface area contributed by atoms with E-state index < -0.39 is 0 Å². The molecule has 0 bridgehead atoms. The highest BCUT2D eigenvalue weighted by atomic mass is 19.1. The molecule has 4 aromatic rings. The lowest BCUT2D eigenvalue weighted by Crippen LogP contribution is -1.99. The summed E-state index contributed by atoms with van der Waals surface area (Å²) in [6.07, 6.45) is 4.31. The summed E-state index contributed by atoms with van der Waals surface area (Å²) in [7, 11) is 0. The summed E-state index contributed by atoms with van der Waals surface area (Å²) in [4.78, 5) is 4.42. The number of aryl methyl sites for hydroxylation is 1. The maximum Gasteiger partial charge on any atom is 0.258 e. The Balaban J connectivity index is 1.48. The van der Waals surface area contributed by atoms with Crippen molar-refractivity contribution in [2.45, 2.75) is 19.9 Å². The van der Waals surface area contributed by atoms with Crippen molar-refractivity contribution in [3.8, 4) is 11.5 Å². The van der Waals surface area contributed by atoms with Crippen LogP contribution in [0.3, 0.4) is 0 Å². The normalized spacial score (nSPS) is 11.0. The van der Waals surface area contributed by atoms with Crippen molar-refractivity contribution < 1.29 is 8.91 Å². The van der Waals surface area contributed by atoms with Crippen LogP contribution in [-0.4, -0.2) is 19.9 Å². The van der Waals surface area contributed by atoms with E-state index in [1.807, 2.05) is 42.2 Å². The van der Waals surface area contributed by atoms with Crippen LogP contribution in [0.2, 0.25) is 0 Å². The van der Waals surface area contributed by atoms with Gasteiger partial charge in [0.25, 0.3) is 5.89 Å². The number of benzene rings is 2. The van der Waals surface area contributed by atoms with Crippen molar-refractivity contribution in [1.29, 1.82) is 0 Å². The van der Waals surface area contributed by atoms with Crippen LogP contribution < -0.4 is 0 Å². The van der Waals surface area contributed by atoms with Gasteiger partial charge in [-0.3, -0.25) is 4.68 Å². The van der Waals surface area contributed by atoms with Crippen molar-refractivity contribution in [1.82, 2.24) is 19.9 Å². The van der Waals surface area contributed by atoms with Gasteiger partial charge < -0.3 is 4.52 Å². The highest BCUT2D eigenvalue weighted by Gasteiger charge is 2.13. The quantitative estimate of drug-likeness (QED) is 0.547. The zero-order valence-electron chi connectivity index (χ0n) is 14.3. The minimum Gasteiger partial charge on any atom is -0.334 e. The summed E-state index contributed by atoms with van der Waals surface area (Å²) in [5.74, 6) is 0.689. The zero-order chi connectivity index (χ0) is 17.9. The molecule has 0 spiro atoms. The van der Waals surface area contributed by atoms with Gasteiger partial charge in [0, 0.05) is 18.2 Å². The third-order valence-electron chi connectivity index (χ3n) is 4.12. The molecule has 0 atom stereocenters. The van der Waals surface area contributed by atoms with Crippen LogP contribution >= 0.6 is 0 Å². The van der Waals surface area contributed by atoms with Gasteiger partial charge in [0.1, 0.15) is 5.82 Å². The van der Waals surface area contributed by atoms with Gasteiger partial charge in [0.05, 0.1) is 12.7 Å². The minimum atomic E-state index is -0.281. The van der Waals surface area contributed by atoms with Gasteiger partial charge in [-0.25, -0.2) is 4.39 Å². The van der Waals surface area contributed by atoms with Crippen LogP contribution in [0.1, 0.15) is 22.5 Å². The second-order valence-electron chi connectivity index (χ2n) is 6.18. The lowest BCUT2D eigenvalue weighted by molar-refractivity contribution is 0.423. The van der Waals surface area contributed by atoms with Crippen molar-refractivity contribution in [3.63, 3.8) is 0 Å². The molecule has 0 fully saturated rings. The SMILES string of the molecule is Cc1cc(F)ccc1-c1nc(Cc2cnn(Cc3ccccc3)c2)no1. The third kappa shape index (κ3) is 3.54. The van der Waals surface area contributed by atoms with Crippen LogP contribution in [-0.2, 0) is 13.0 Å². The Morgan fingerprint density at radius 1 is 1.08 bits per heavy atom. The average molecular weight is 348 g/mol. The number of halogens is 1. The molecule has 130 valence electrons. The molecule has 0 saturated heterocycles. The molecule has 0 aliphatic rings. The lowest BCUT2D eigenvalue weighted by atomic mass is 10.1. The molecule has 0 amide bonds. The van der Waals surface area contributed by atoms with Gasteiger partial charge in [0.15, 0.2) is 5.82 Å². The third-order valence-corrected chi connectivity index (χ3v) is 4.12. The lowest BCUT2D eigenvalue weighted by Gasteiger charge is -2.00. The number of aromatic nitrogens is 4. The van der Waals surface area contributed by atoms with Crippen molar-refractivity contribution in [2.75, 3.05) is 0 Å². The second-order valence-corrected chi connectivity index (χ2v) is 6.18. The zero-order valence-corrected chi connectivity index (χ0v) is 14.3. The second kappa shape index (κ2) is 6.92. The van der Waals surface area contributed by atoms with E-state index in [2.05, 4.69) is 27.4 Å². The molecule has 2 aromatic heterocycles. The van der Waals surface area contributed by atoms with Crippen LogP contribution in [0.25, 0.3) is 11.5 Å². The van der Waals surface area contributed by atoms with Crippen LogP contribution in [0, 0.1) is 12.7 Å². The van der Waals surface area contributed by atoms with Crippen molar-refractivity contribution >= 4 is 0 Å². The summed E-state index contributed by atoms with van der Waals surface area (Å²) in [5, 5.41) is 8.41. The number of nitrogens with zero attached hydrogens (tertiary/aromatic N) is 4. The molecule has 26 heavy (non-hydrogen) atoms. The molecule has 2 aromatic carbocycles. The fraction of sp³-hybridized carbons (Fsp3) is 0.150. The van der Waals surface area contributed by atoms with E-state index in [1.54, 1.807) is 6.07 Å². The van der Waals surface area contributed by atoms with Crippen LogP contribution in [0.4, 0.5) is 4.39 Å². The van der Waals surface area contributed by atoms with E-state index >= 15 is 0 Å². The first kappa shape index (κ1) is 16.2. The fourth-order valence-corrected chi connectivity index (χ4v) is 2.84. The summed E-state index contributed by atoms with van der Waals surface area (Å²) >= 11 is 0.